The predicted octanol–water partition coefficient (Wildman–Crippen LogP) is 8.03. The molecule has 10 nitrogen and oxygen atoms in total. The van der Waals surface area contributed by atoms with Crippen molar-refractivity contribution in [2.75, 3.05) is 44.4 Å². The van der Waals surface area contributed by atoms with E-state index in [9.17, 15) is 9.90 Å². The lowest BCUT2D eigenvalue weighted by Gasteiger charge is -2.47. The highest BCUT2D eigenvalue weighted by molar-refractivity contribution is 7.22. The summed E-state index contributed by atoms with van der Waals surface area (Å²) in [6.07, 6.45) is 7.39. The number of carbonyl (C=O) groups is 1. The smallest absolute Gasteiger partial charge is 0.337 e. The summed E-state index contributed by atoms with van der Waals surface area (Å²) >= 11 is 1.56. The monoisotopic (exact) mass is 725 g/mol. The van der Waals surface area contributed by atoms with E-state index in [-0.39, 0.29) is 0 Å². The van der Waals surface area contributed by atoms with E-state index in [0.717, 1.165) is 108 Å². The van der Waals surface area contributed by atoms with Crippen LogP contribution >= 0.6 is 11.3 Å². The van der Waals surface area contributed by atoms with Crippen LogP contribution in [0.1, 0.15) is 94.9 Å². The van der Waals surface area contributed by atoms with Gasteiger partial charge in [0.15, 0.2) is 6.10 Å². The van der Waals surface area contributed by atoms with E-state index in [1.807, 2.05) is 46.0 Å². The third-order valence-corrected chi connectivity index (χ3v) is 12.4. The first-order valence-corrected chi connectivity index (χ1v) is 19.9. The molecule has 4 aliphatic rings. The number of nitrogens with zero attached hydrogens (tertiary/aromatic N) is 5. The van der Waals surface area contributed by atoms with Crippen molar-refractivity contribution in [2.45, 2.75) is 103 Å². The first-order chi connectivity index (χ1) is 25.0. The normalized spacial score (nSPS) is 23.6. The van der Waals surface area contributed by atoms with Gasteiger partial charge in [0, 0.05) is 43.0 Å². The maximum absolute atomic E-state index is 13.0. The number of anilines is 1. The van der Waals surface area contributed by atoms with Crippen molar-refractivity contribution >= 4 is 33.5 Å². The largest absolute Gasteiger partial charge is 0.493 e. The zero-order valence-electron chi connectivity index (χ0n) is 31.1. The van der Waals surface area contributed by atoms with Gasteiger partial charge in [-0.2, -0.15) is 0 Å². The molecule has 2 aromatic carbocycles. The Morgan fingerprint density at radius 1 is 1.06 bits per heavy atom. The van der Waals surface area contributed by atoms with E-state index in [2.05, 4.69) is 34.9 Å². The second-order valence-corrected chi connectivity index (χ2v) is 17.3. The summed E-state index contributed by atoms with van der Waals surface area (Å²) < 4.78 is 19.0. The highest BCUT2D eigenvalue weighted by atomic mass is 32.1. The lowest BCUT2D eigenvalue weighted by Crippen LogP contribution is -2.61. The number of aryl methyl sites for hydroxylation is 1. The Labute approximate surface area is 310 Å². The molecule has 52 heavy (non-hydrogen) atoms. The molecule has 0 radical (unpaired) electrons. The Morgan fingerprint density at radius 3 is 2.65 bits per heavy atom. The first-order valence-electron chi connectivity index (χ1n) is 19.1. The van der Waals surface area contributed by atoms with Crippen molar-refractivity contribution in [1.29, 1.82) is 0 Å². The predicted molar refractivity (Wildman–Crippen MR) is 204 cm³/mol. The van der Waals surface area contributed by atoms with Crippen LogP contribution in [0.25, 0.3) is 32.0 Å². The number of hydrogen-bond donors (Lipinski definition) is 1. The molecule has 2 aromatic heterocycles. The van der Waals surface area contributed by atoms with Crippen LogP contribution in [-0.2, 0) is 14.3 Å². The number of aromatic nitrogens is 3. The van der Waals surface area contributed by atoms with Crippen molar-refractivity contribution in [2.24, 2.45) is 5.92 Å². The number of benzene rings is 2. The summed E-state index contributed by atoms with van der Waals surface area (Å²) in [5.41, 5.74) is 5.45. The lowest BCUT2D eigenvalue weighted by atomic mass is 9.84. The summed E-state index contributed by atoms with van der Waals surface area (Å²) in [7, 11) is 0. The summed E-state index contributed by atoms with van der Waals surface area (Å²) in [5, 5.41) is 11.5. The highest BCUT2D eigenvalue weighted by Gasteiger charge is 2.37. The number of aliphatic carboxylic acids is 1. The summed E-state index contributed by atoms with van der Waals surface area (Å²) in [6, 6.07) is 11.2. The van der Waals surface area contributed by atoms with E-state index in [0.29, 0.717) is 36.1 Å². The molecule has 6 bridgehead atoms. The van der Waals surface area contributed by atoms with Gasteiger partial charge >= 0.3 is 5.97 Å². The highest BCUT2D eigenvalue weighted by Crippen LogP contribution is 2.47. The van der Waals surface area contributed by atoms with Gasteiger partial charge in [0.25, 0.3) is 0 Å². The van der Waals surface area contributed by atoms with E-state index < -0.39 is 17.7 Å². The van der Waals surface area contributed by atoms with Crippen LogP contribution in [0, 0.1) is 12.8 Å². The van der Waals surface area contributed by atoms with Gasteiger partial charge < -0.3 is 24.2 Å². The number of hydrogen-bond acceptors (Lipinski definition) is 10. The van der Waals surface area contributed by atoms with Gasteiger partial charge in [-0.25, -0.2) is 19.7 Å². The second kappa shape index (κ2) is 14.3. The van der Waals surface area contributed by atoms with Crippen molar-refractivity contribution in [3.05, 3.63) is 53.2 Å². The SMILES string of the molecule is Cc1cc2nc3sc2c(c1C(OC(C)(C)C)C(=O)O)-c1ccc2c(c1)C(CCCCC(C)CC1CN(C4COC4)CCN1c1nccc-3n1)CCO2. The van der Waals surface area contributed by atoms with E-state index in [4.69, 9.17) is 29.2 Å². The number of carboxylic acid groups (broad SMARTS) is 1. The zero-order valence-corrected chi connectivity index (χ0v) is 31.9. The van der Waals surface area contributed by atoms with Crippen LogP contribution in [0.15, 0.2) is 36.5 Å². The molecule has 8 rings (SSSR count). The van der Waals surface area contributed by atoms with Gasteiger partial charge in [-0.15, -0.1) is 11.3 Å². The Kier molecular flexibility index (Phi) is 9.74. The fourth-order valence-electron chi connectivity index (χ4n) is 8.63. The topological polar surface area (TPSA) is 110 Å². The lowest BCUT2D eigenvalue weighted by molar-refractivity contribution is -0.160. The van der Waals surface area contributed by atoms with Gasteiger partial charge in [-0.3, -0.25) is 4.90 Å². The third-order valence-electron chi connectivity index (χ3n) is 11.3. The van der Waals surface area contributed by atoms with E-state index in [1.165, 1.54) is 18.4 Å². The fourth-order valence-corrected chi connectivity index (χ4v) is 9.73. The van der Waals surface area contributed by atoms with Crippen LogP contribution in [0.5, 0.6) is 5.75 Å². The number of rotatable bonds is 4. The van der Waals surface area contributed by atoms with Gasteiger partial charge in [0.2, 0.25) is 5.95 Å². The van der Waals surface area contributed by atoms with Crippen LogP contribution in [0.3, 0.4) is 0 Å². The molecule has 11 heteroatoms. The minimum atomic E-state index is -1.16. The molecule has 4 atom stereocenters. The number of piperazine rings is 1. The number of thiazole rings is 1. The van der Waals surface area contributed by atoms with Crippen LogP contribution < -0.4 is 9.64 Å². The maximum atomic E-state index is 13.0. The molecule has 2 saturated heterocycles. The summed E-state index contributed by atoms with van der Waals surface area (Å²) in [5.74, 6) is 1.63. The van der Waals surface area contributed by atoms with Crippen LogP contribution in [-0.4, -0.2) is 88.1 Å². The Balaban J connectivity index is 1.29. The summed E-state index contributed by atoms with van der Waals surface area (Å²) in [4.78, 5) is 33.3. The molecule has 4 aromatic rings. The Bertz CT molecular complexity index is 1950. The Morgan fingerprint density at radius 2 is 1.88 bits per heavy atom. The van der Waals surface area contributed by atoms with E-state index >= 15 is 0 Å². The van der Waals surface area contributed by atoms with Crippen LogP contribution in [0.4, 0.5) is 5.95 Å². The maximum Gasteiger partial charge on any atom is 0.337 e. The third kappa shape index (κ3) is 7.05. The van der Waals surface area contributed by atoms with Crippen molar-refractivity contribution in [1.82, 2.24) is 19.9 Å². The Hall–Kier alpha value is -3.64. The van der Waals surface area contributed by atoms with Crippen molar-refractivity contribution < 1.29 is 24.1 Å². The first kappa shape index (κ1) is 35.4. The molecular formula is C41H51N5O5S. The fraction of sp³-hybridized carbons (Fsp3) is 0.561. The summed E-state index contributed by atoms with van der Waals surface area (Å²) in [6.45, 7) is 15.3. The van der Waals surface area contributed by atoms with Gasteiger partial charge in [-0.1, -0.05) is 32.3 Å². The number of fused-ring (bicyclic) bond motifs is 8. The van der Waals surface area contributed by atoms with Gasteiger partial charge in [-0.05, 0) is 99.7 Å². The average molecular weight is 726 g/mol. The molecule has 6 heterocycles. The molecular weight excluding hydrogens is 675 g/mol. The standard InChI is InChI=1S/C41H51N5O5S/c1-24-8-6-7-9-26-13-17-50-33-11-10-27(20-30(26)33)35-34(36(39(47)48)51-41(3,4)5)25(2)19-32-37(35)52-38(43-32)31-12-14-42-40(44-31)46-16-15-45(21-28(46)18-24)29-22-49-23-29/h10-12,14,19-20,24,26,28-29,36H,6-9,13,15-18,21-23H2,1-5H3,(H,47,48). The van der Waals surface area contributed by atoms with Gasteiger partial charge in [0.05, 0.1) is 41.7 Å². The average Bonchev–Trinajstić information content (AvgIpc) is 3.51. The van der Waals surface area contributed by atoms with Gasteiger partial charge in [0.1, 0.15) is 16.5 Å². The quantitative estimate of drug-likeness (QED) is 0.222. The second-order valence-electron chi connectivity index (χ2n) is 16.3. The minimum absolute atomic E-state index is 0.309. The van der Waals surface area contributed by atoms with Crippen LogP contribution in [0.2, 0.25) is 0 Å². The zero-order chi connectivity index (χ0) is 36.1. The molecule has 0 amide bonds. The molecule has 0 aliphatic carbocycles. The molecule has 2 fully saturated rings. The molecule has 0 saturated carbocycles. The van der Waals surface area contributed by atoms with Crippen molar-refractivity contribution in [3.8, 4) is 27.6 Å². The minimum Gasteiger partial charge on any atom is -0.493 e. The van der Waals surface area contributed by atoms with Crippen molar-refractivity contribution in [3.63, 3.8) is 0 Å². The molecule has 4 aliphatic heterocycles. The van der Waals surface area contributed by atoms with E-state index in [1.54, 1.807) is 11.3 Å². The number of carboxylic acids is 1. The number of ether oxygens (including phenoxy) is 3. The molecule has 0 spiro atoms. The molecule has 4 unspecified atom stereocenters. The molecule has 1 N–H and O–H groups in total. The molecule has 276 valence electrons.